The normalized spacial score (nSPS) is 10.6. The number of nitrogens with one attached hydrogen (secondary N) is 2. The van der Waals surface area contributed by atoms with Gasteiger partial charge in [0, 0.05) is 30.6 Å². The molecule has 1 aromatic carbocycles. The quantitative estimate of drug-likeness (QED) is 0.815. The Labute approximate surface area is 136 Å². The van der Waals surface area contributed by atoms with Crippen molar-refractivity contribution in [2.45, 2.75) is 33.1 Å². The van der Waals surface area contributed by atoms with Gasteiger partial charge in [-0.1, -0.05) is 13.8 Å². The number of aryl methyl sites for hydroxylation is 1. The van der Waals surface area contributed by atoms with Gasteiger partial charge in [-0.2, -0.15) is 0 Å². The minimum atomic E-state index is -0.0713. The molecule has 1 aromatic heterocycles. The summed E-state index contributed by atoms with van der Waals surface area (Å²) in [4.78, 5) is 23.6. The second kappa shape index (κ2) is 8.17. The molecule has 5 heteroatoms. The molecule has 0 aliphatic heterocycles. The summed E-state index contributed by atoms with van der Waals surface area (Å²) in [5, 5.41) is 5.66. The van der Waals surface area contributed by atoms with E-state index in [2.05, 4.69) is 10.6 Å². The first-order valence-electron chi connectivity index (χ1n) is 7.75. The van der Waals surface area contributed by atoms with Gasteiger partial charge in [0.05, 0.1) is 6.26 Å². The number of benzene rings is 1. The Morgan fingerprint density at radius 2 is 1.61 bits per heavy atom. The Kier molecular flexibility index (Phi) is 5.97. The third-order valence-electron chi connectivity index (χ3n) is 3.22. The Balaban J connectivity index is 1.80. The molecule has 5 nitrogen and oxygen atoms in total. The predicted molar refractivity (Wildman–Crippen MR) is 90.2 cm³/mol. The average molecular weight is 314 g/mol. The van der Waals surface area contributed by atoms with E-state index in [-0.39, 0.29) is 11.8 Å². The highest BCUT2D eigenvalue weighted by Gasteiger charge is 2.07. The minimum Gasteiger partial charge on any atom is -0.469 e. The third-order valence-corrected chi connectivity index (χ3v) is 3.22. The summed E-state index contributed by atoms with van der Waals surface area (Å²) in [7, 11) is 0. The van der Waals surface area contributed by atoms with Crippen LogP contribution in [0.2, 0.25) is 0 Å². The molecule has 122 valence electrons. The molecule has 0 saturated carbocycles. The van der Waals surface area contributed by atoms with Crippen LogP contribution in [0, 0.1) is 5.92 Å². The zero-order chi connectivity index (χ0) is 16.7. The van der Waals surface area contributed by atoms with Gasteiger partial charge in [0.1, 0.15) is 5.76 Å². The fourth-order valence-corrected chi connectivity index (χ4v) is 2.13. The highest BCUT2D eigenvalue weighted by molar-refractivity contribution is 5.93. The van der Waals surface area contributed by atoms with Crippen molar-refractivity contribution in [3.05, 3.63) is 48.4 Å². The van der Waals surface area contributed by atoms with Crippen LogP contribution in [0.4, 0.5) is 11.4 Å². The molecule has 0 spiro atoms. The summed E-state index contributed by atoms with van der Waals surface area (Å²) in [6, 6.07) is 10.8. The first-order valence-corrected chi connectivity index (χ1v) is 7.75. The first-order chi connectivity index (χ1) is 11.0. The van der Waals surface area contributed by atoms with E-state index in [1.165, 1.54) is 0 Å². The van der Waals surface area contributed by atoms with E-state index in [0.29, 0.717) is 30.9 Å². The molecular formula is C18H22N2O3. The van der Waals surface area contributed by atoms with Crippen LogP contribution >= 0.6 is 0 Å². The Morgan fingerprint density at radius 3 is 2.13 bits per heavy atom. The van der Waals surface area contributed by atoms with Gasteiger partial charge in [0.25, 0.3) is 0 Å². The van der Waals surface area contributed by atoms with Gasteiger partial charge in [-0.15, -0.1) is 0 Å². The summed E-state index contributed by atoms with van der Waals surface area (Å²) < 4.78 is 5.19. The summed E-state index contributed by atoms with van der Waals surface area (Å²) in [6.07, 6.45) is 3.02. The Morgan fingerprint density at radius 1 is 1.00 bits per heavy atom. The molecule has 2 aromatic rings. The Bertz CT molecular complexity index is 631. The lowest BCUT2D eigenvalue weighted by Crippen LogP contribution is -2.14. The molecule has 0 atom stereocenters. The highest BCUT2D eigenvalue weighted by atomic mass is 16.3. The minimum absolute atomic E-state index is 0.00441. The van der Waals surface area contributed by atoms with Crippen molar-refractivity contribution < 1.29 is 14.0 Å². The van der Waals surface area contributed by atoms with E-state index >= 15 is 0 Å². The van der Waals surface area contributed by atoms with Crippen LogP contribution in [0.1, 0.15) is 32.4 Å². The van der Waals surface area contributed by atoms with E-state index in [4.69, 9.17) is 4.42 Å². The molecule has 1 heterocycles. The molecule has 0 aliphatic carbocycles. The predicted octanol–water partition coefficient (Wildman–Crippen LogP) is 3.84. The molecule has 0 aliphatic rings. The molecular weight excluding hydrogens is 292 g/mol. The molecule has 2 amide bonds. The van der Waals surface area contributed by atoms with E-state index < -0.39 is 0 Å². The van der Waals surface area contributed by atoms with Gasteiger partial charge >= 0.3 is 0 Å². The Hall–Kier alpha value is -2.56. The molecule has 2 N–H and O–H groups in total. The number of carbonyl (C=O) groups excluding carboxylic acids is 2. The van der Waals surface area contributed by atoms with E-state index in [1.807, 2.05) is 19.9 Å². The van der Waals surface area contributed by atoms with Crippen LogP contribution in [0.25, 0.3) is 0 Å². The van der Waals surface area contributed by atoms with Crippen LogP contribution in [0.3, 0.4) is 0 Å². The fourth-order valence-electron chi connectivity index (χ4n) is 2.13. The number of furan rings is 1. The SMILES string of the molecule is CC(C)CC(=O)Nc1ccc(NC(=O)CCc2ccco2)cc1. The van der Waals surface area contributed by atoms with Crippen molar-refractivity contribution in [2.75, 3.05) is 10.6 Å². The lowest BCUT2D eigenvalue weighted by atomic mass is 10.1. The van der Waals surface area contributed by atoms with E-state index in [0.717, 1.165) is 11.4 Å². The largest absolute Gasteiger partial charge is 0.469 e. The standard InChI is InChI=1S/C18H22N2O3/c1-13(2)12-18(22)20-15-7-5-14(6-8-15)19-17(21)10-9-16-4-3-11-23-16/h3-8,11,13H,9-10,12H2,1-2H3,(H,19,21)(H,20,22). The summed E-state index contributed by atoms with van der Waals surface area (Å²) in [5.74, 6) is 1.04. The highest BCUT2D eigenvalue weighted by Crippen LogP contribution is 2.15. The van der Waals surface area contributed by atoms with Crippen molar-refractivity contribution in [3.63, 3.8) is 0 Å². The summed E-state index contributed by atoms with van der Waals surface area (Å²) >= 11 is 0. The zero-order valence-electron chi connectivity index (χ0n) is 13.5. The lowest BCUT2D eigenvalue weighted by molar-refractivity contribution is -0.117. The molecule has 0 unspecified atom stereocenters. The van der Waals surface area contributed by atoms with Crippen molar-refractivity contribution >= 4 is 23.2 Å². The fraction of sp³-hybridized carbons (Fsp3) is 0.333. The van der Waals surface area contributed by atoms with E-state index in [9.17, 15) is 9.59 Å². The topological polar surface area (TPSA) is 71.3 Å². The monoisotopic (exact) mass is 314 g/mol. The van der Waals surface area contributed by atoms with Crippen molar-refractivity contribution in [3.8, 4) is 0 Å². The number of hydrogen-bond donors (Lipinski definition) is 2. The number of rotatable bonds is 7. The van der Waals surface area contributed by atoms with Crippen molar-refractivity contribution in [1.82, 2.24) is 0 Å². The van der Waals surface area contributed by atoms with Gasteiger partial charge in [-0.3, -0.25) is 9.59 Å². The maximum atomic E-state index is 11.9. The molecule has 0 fully saturated rings. The number of hydrogen-bond acceptors (Lipinski definition) is 3. The summed E-state index contributed by atoms with van der Waals surface area (Å²) in [5.41, 5.74) is 1.43. The number of anilines is 2. The smallest absolute Gasteiger partial charge is 0.224 e. The van der Waals surface area contributed by atoms with Crippen molar-refractivity contribution in [1.29, 1.82) is 0 Å². The van der Waals surface area contributed by atoms with Gasteiger partial charge in [-0.25, -0.2) is 0 Å². The van der Waals surface area contributed by atoms with Crippen LogP contribution in [0.15, 0.2) is 47.1 Å². The molecule has 23 heavy (non-hydrogen) atoms. The maximum Gasteiger partial charge on any atom is 0.224 e. The number of amides is 2. The van der Waals surface area contributed by atoms with Crippen LogP contribution in [-0.4, -0.2) is 11.8 Å². The van der Waals surface area contributed by atoms with Crippen molar-refractivity contribution in [2.24, 2.45) is 5.92 Å². The van der Waals surface area contributed by atoms with E-state index in [1.54, 1.807) is 36.6 Å². The second-order valence-electron chi connectivity index (χ2n) is 5.85. The summed E-state index contributed by atoms with van der Waals surface area (Å²) in [6.45, 7) is 4.00. The molecule has 0 radical (unpaired) electrons. The van der Waals surface area contributed by atoms with Gasteiger partial charge in [0.2, 0.25) is 11.8 Å². The average Bonchev–Trinajstić information content (AvgIpc) is 3.00. The third kappa shape index (κ3) is 5.98. The van der Waals surface area contributed by atoms with Crippen LogP contribution in [0.5, 0.6) is 0 Å². The molecule has 0 saturated heterocycles. The molecule has 2 rings (SSSR count). The van der Waals surface area contributed by atoms with Gasteiger partial charge in [-0.05, 0) is 42.3 Å². The number of carbonyl (C=O) groups is 2. The first kappa shape index (κ1) is 16.8. The maximum absolute atomic E-state index is 11.9. The van der Waals surface area contributed by atoms with Gasteiger partial charge < -0.3 is 15.1 Å². The lowest BCUT2D eigenvalue weighted by Gasteiger charge is -2.09. The second-order valence-corrected chi connectivity index (χ2v) is 5.85. The van der Waals surface area contributed by atoms with Gasteiger partial charge in [0.15, 0.2) is 0 Å². The van der Waals surface area contributed by atoms with Crippen LogP contribution < -0.4 is 10.6 Å². The zero-order valence-corrected chi connectivity index (χ0v) is 13.5. The molecule has 0 bridgehead atoms. The van der Waals surface area contributed by atoms with Crippen LogP contribution in [-0.2, 0) is 16.0 Å².